The molecule has 1 amide bonds. The molecule has 1 aliphatic carbocycles. The van der Waals surface area contributed by atoms with Gasteiger partial charge in [0.2, 0.25) is 11.8 Å². The summed E-state index contributed by atoms with van der Waals surface area (Å²) in [7, 11) is 0. The molecule has 0 radical (unpaired) electrons. The fraction of sp³-hybridized carbons (Fsp3) is 0.611. The molecular formula is C18H23N5O2. The molecule has 25 heavy (non-hydrogen) atoms. The molecule has 1 saturated heterocycles. The van der Waals surface area contributed by atoms with Crippen molar-refractivity contribution in [3.8, 4) is 11.6 Å². The second-order valence-corrected chi connectivity index (χ2v) is 7.09. The van der Waals surface area contributed by atoms with Gasteiger partial charge in [0.15, 0.2) is 0 Å². The summed E-state index contributed by atoms with van der Waals surface area (Å²) in [5, 5.41) is 8.32. The number of amides is 1. The van der Waals surface area contributed by atoms with Crippen molar-refractivity contribution in [3.63, 3.8) is 0 Å². The lowest BCUT2D eigenvalue weighted by atomic mass is 9.96. The Morgan fingerprint density at radius 1 is 1.12 bits per heavy atom. The number of nitrogens with zero attached hydrogens (tertiary/aromatic N) is 5. The number of aryl methyl sites for hydroxylation is 1. The lowest BCUT2D eigenvalue weighted by Gasteiger charge is -2.32. The van der Waals surface area contributed by atoms with Crippen LogP contribution in [0, 0.1) is 12.8 Å². The largest absolute Gasteiger partial charge is 0.419 e. The smallest absolute Gasteiger partial charge is 0.267 e. The highest BCUT2D eigenvalue weighted by atomic mass is 16.4. The number of hydrogen-bond donors (Lipinski definition) is 0. The molecule has 0 N–H and O–H groups in total. The van der Waals surface area contributed by atoms with Crippen LogP contribution in [0.2, 0.25) is 0 Å². The molecule has 2 aromatic heterocycles. The third-order valence-corrected chi connectivity index (χ3v) is 5.23. The van der Waals surface area contributed by atoms with Crippen LogP contribution in [0.1, 0.15) is 56.0 Å². The zero-order valence-corrected chi connectivity index (χ0v) is 14.5. The molecule has 0 aromatic carbocycles. The molecule has 0 spiro atoms. The molecule has 7 heteroatoms. The summed E-state index contributed by atoms with van der Waals surface area (Å²) in [6.45, 7) is 3.40. The Hall–Kier alpha value is -2.31. The van der Waals surface area contributed by atoms with Crippen molar-refractivity contribution in [3.05, 3.63) is 24.0 Å². The molecule has 0 bridgehead atoms. The predicted octanol–water partition coefficient (Wildman–Crippen LogP) is 2.73. The molecule has 1 atom stereocenters. The quantitative estimate of drug-likeness (QED) is 0.853. The summed E-state index contributed by atoms with van der Waals surface area (Å²) >= 11 is 0. The number of rotatable bonds is 3. The van der Waals surface area contributed by atoms with Crippen LogP contribution >= 0.6 is 0 Å². The van der Waals surface area contributed by atoms with Gasteiger partial charge in [-0.05, 0) is 32.6 Å². The van der Waals surface area contributed by atoms with Gasteiger partial charge in [-0.15, -0.1) is 10.2 Å². The Bertz CT molecular complexity index is 736. The Labute approximate surface area is 146 Å². The summed E-state index contributed by atoms with van der Waals surface area (Å²) in [5.74, 6) is 1.63. The molecule has 2 fully saturated rings. The Morgan fingerprint density at radius 2 is 1.96 bits per heavy atom. The van der Waals surface area contributed by atoms with Crippen molar-refractivity contribution in [1.29, 1.82) is 0 Å². The minimum Gasteiger partial charge on any atom is -0.419 e. The van der Waals surface area contributed by atoms with Crippen molar-refractivity contribution >= 4 is 5.91 Å². The van der Waals surface area contributed by atoms with Crippen LogP contribution in [0.4, 0.5) is 0 Å². The molecule has 7 nitrogen and oxygen atoms in total. The number of hydrogen-bond acceptors (Lipinski definition) is 6. The van der Waals surface area contributed by atoms with Gasteiger partial charge in [0, 0.05) is 25.2 Å². The molecule has 2 aliphatic rings. The third-order valence-electron chi connectivity index (χ3n) is 5.23. The highest BCUT2D eigenvalue weighted by Gasteiger charge is 2.33. The van der Waals surface area contributed by atoms with E-state index in [0.29, 0.717) is 29.9 Å². The van der Waals surface area contributed by atoms with Crippen LogP contribution in [0.3, 0.4) is 0 Å². The zero-order valence-electron chi connectivity index (χ0n) is 14.5. The van der Waals surface area contributed by atoms with Gasteiger partial charge in [-0.3, -0.25) is 9.78 Å². The Balaban J connectivity index is 1.46. The van der Waals surface area contributed by atoms with E-state index in [0.717, 1.165) is 37.9 Å². The van der Waals surface area contributed by atoms with E-state index in [4.69, 9.17) is 4.42 Å². The topological polar surface area (TPSA) is 85.0 Å². The molecular weight excluding hydrogens is 318 g/mol. The van der Waals surface area contributed by atoms with E-state index in [2.05, 4.69) is 20.2 Å². The van der Waals surface area contributed by atoms with Crippen LogP contribution in [-0.2, 0) is 4.79 Å². The summed E-state index contributed by atoms with van der Waals surface area (Å²) in [5.41, 5.74) is 1.43. The lowest BCUT2D eigenvalue weighted by Crippen LogP contribution is -2.41. The average Bonchev–Trinajstić information content (AvgIpc) is 3.34. The second kappa shape index (κ2) is 6.90. The second-order valence-electron chi connectivity index (χ2n) is 7.09. The Morgan fingerprint density at radius 3 is 2.72 bits per heavy atom. The molecule has 132 valence electrons. The summed E-state index contributed by atoms with van der Waals surface area (Å²) in [6.07, 6.45) is 9.70. The average molecular weight is 341 g/mol. The first-order chi connectivity index (χ1) is 12.2. The predicted molar refractivity (Wildman–Crippen MR) is 90.6 cm³/mol. The van der Waals surface area contributed by atoms with Crippen molar-refractivity contribution in [2.24, 2.45) is 5.92 Å². The fourth-order valence-electron chi connectivity index (χ4n) is 3.82. The van der Waals surface area contributed by atoms with Crippen molar-refractivity contribution in [1.82, 2.24) is 25.1 Å². The maximum absolute atomic E-state index is 12.7. The van der Waals surface area contributed by atoms with Crippen molar-refractivity contribution in [2.45, 2.75) is 51.4 Å². The SMILES string of the molecule is Cc1cnc(-c2nnc([C@H]3CCCN(C(=O)C4CCCC4)C3)o2)cn1. The van der Waals surface area contributed by atoms with Gasteiger partial charge in [-0.1, -0.05) is 12.8 Å². The van der Waals surface area contributed by atoms with E-state index >= 15 is 0 Å². The van der Waals surface area contributed by atoms with E-state index in [1.54, 1.807) is 12.4 Å². The summed E-state index contributed by atoms with van der Waals surface area (Å²) in [6, 6.07) is 0. The standard InChI is InChI=1S/C18H23N5O2/c1-12-9-20-15(10-19-12)17-22-21-16(25-17)14-7-4-8-23(11-14)18(24)13-5-2-3-6-13/h9-10,13-14H,2-8,11H2,1H3/t14-/m0/s1. The van der Waals surface area contributed by atoms with E-state index in [1.165, 1.54) is 12.8 Å². The minimum absolute atomic E-state index is 0.110. The summed E-state index contributed by atoms with van der Waals surface area (Å²) in [4.78, 5) is 23.2. The molecule has 0 unspecified atom stereocenters. The van der Waals surface area contributed by atoms with Gasteiger partial charge in [-0.2, -0.15) is 0 Å². The van der Waals surface area contributed by atoms with Crippen LogP contribution in [0.5, 0.6) is 0 Å². The third kappa shape index (κ3) is 3.41. The molecule has 4 rings (SSSR count). The number of carbonyl (C=O) groups excluding carboxylic acids is 1. The highest BCUT2D eigenvalue weighted by molar-refractivity contribution is 5.79. The highest BCUT2D eigenvalue weighted by Crippen LogP contribution is 2.31. The molecule has 3 heterocycles. The Kier molecular flexibility index (Phi) is 4.46. The van der Waals surface area contributed by atoms with E-state index in [-0.39, 0.29) is 11.8 Å². The van der Waals surface area contributed by atoms with Gasteiger partial charge in [0.1, 0.15) is 5.69 Å². The zero-order chi connectivity index (χ0) is 17.2. The van der Waals surface area contributed by atoms with Gasteiger partial charge in [0.25, 0.3) is 5.89 Å². The van der Waals surface area contributed by atoms with Crippen molar-refractivity contribution < 1.29 is 9.21 Å². The monoisotopic (exact) mass is 341 g/mol. The maximum Gasteiger partial charge on any atom is 0.267 e. The van der Waals surface area contributed by atoms with Crippen LogP contribution in [0.25, 0.3) is 11.6 Å². The number of likely N-dealkylation sites (tertiary alicyclic amines) is 1. The first-order valence-electron chi connectivity index (χ1n) is 9.12. The first kappa shape index (κ1) is 16.2. The summed E-state index contributed by atoms with van der Waals surface area (Å²) < 4.78 is 5.84. The maximum atomic E-state index is 12.7. The number of carbonyl (C=O) groups is 1. The van der Waals surface area contributed by atoms with E-state index in [1.807, 2.05) is 11.8 Å². The van der Waals surface area contributed by atoms with Crippen LogP contribution in [0.15, 0.2) is 16.8 Å². The molecule has 1 aliphatic heterocycles. The van der Waals surface area contributed by atoms with Crippen molar-refractivity contribution in [2.75, 3.05) is 13.1 Å². The van der Waals surface area contributed by atoms with E-state index < -0.39 is 0 Å². The normalized spacial score (nSPS) is 21.6. The van der Waals surface area contributed by atoms with E-state index in [9.17, 15) is 4.79 Å². The minimum atomic E-state index is 0.110. The van der Waals surface area contributed by atoms with Gasteiger partial charge in [0.05, 0.1) is 17.8 Å². The first-order valence-corrected chi connectivity index (χ1v) is 9.12. The van der Waals surface area contributed by atoms with Gasteiger partial charge >= 0.3 is 0 Å². The molecule has 1 saturated carbocycles. The van der Waals surface area contributed by atoms with Gasteiger partial charge in [-0.25, -0.2) is 4.98 Å². The number of aromatic nitrogens is 4. The van der Waals surface area contributed by atoms with Crippen LogP contribution < -0.4 is 0 Å². The number of piperidine rings is 1. The van der Waals surface area contributed by atoms with Gasteiger partial charge < -0.3 is 9.32 Å². The lowest BCUT2D eigenvalue weighted by molar-refractivity contribution is -0.136. The van der Waals surface area contributed by atoms with Crippen LogP contribution in [-0.4, -0.2) is 44.1 Å². The fourth-order valence-corrected chi connectivity index (χ4v) is 3.82. The molecule has 2 aromatic rings.